The summed E-state index contributed by atoms with van der Waals surface area (Å²) in [6.07, 6.45) is 3.19. The van der Waals surface area contributed by atoms with Crippen LogP contribution in [0, 0.1) is 5.92 Å². The van der Waals surface area contributed by atoms with E-state index < -0.39 is 5.60 Å². The molecule has 1 N–H and O–H groups in total. The largest absolute Gasteiger partial charge is 0.444 e. The number of piperidine rings is 1. The molecular weight excluding hydrogens is 352 g/mol. The van der Waals surface area contributed by atoms with Crippen LogP contribution in [0.15, 0.2) is 0 Å². The summed E-state index contributed by atoms with van der Waals surface area (Å²) < 4.78 is 5.41. The molecule has 7 nitrogen and oxygen atoms in total. The number of ether oxygens (including phenoxy) is 1. The van der Waals surface area contributed by atoms with Gasteiger partial charge >= 0.3 is 6.09 Å². The number of carbonyl (C=O) groups excluding carboxylic acids is 2. The second-order valence-corrected chi connectivity index (χ2v) is 8.72. The minimum absolute atomic E-state index is 0.106. The fourth-order valence-corrected chi connectivity index (χ4v) is 3.99. The van der Waals surface area contributed by atoms with Gasteiger partial charge in [-0.2, -0.15) is 0 Å². The lowest BCUT2D eigenvalue weighted by Crippen LogP contribution is -2.45. The van der Waals surface area contributed by atoms with E-state index in [1.165, 1.54) is 11.3 Å². The molecule has 2 amide bonds. The molecule has 1 aromatic heterocycles. The highest BCUT2D eigenvalue weighted by atomic mass is 32.1. The number of carbonyl (C=O) groups is 2. The first-order chi connectivity index (χ1) is 12.2. The van der Waals surface area contributed by atoms with Crippen LogP contribution in [0.3, 0.4) is 0 Å². The summed E-state index contributed by atoms with van der Waals surface area (Å²) in [6, 6.07) is 0. The number of anilines is 1. The summed E-state index contributed by atoms with van der Waals surface area (Å²) in [5, 5.41) is 12.7. The predicted octanol–water partition coefficient (Wildman–Crippen LogP) is 4.03. The molecule has 146 valence electrons. The molecule has 2 heterocycles. The Labute approximate surface area is 159 Å². The van der Waals surface area contributed by atoms with Gasteiger partial charge in [-0.3, -0.25) is 4.79 Å². The Balaban J connectivity index is 1.94. The van der Waals surface area contributed by atoms with Gasteiger partial charge in [-0.1, -0.05) is 25.2 Å². The molecule has 0 aromatic carbocycles. The normalized spacial score (nSPS) is 18.1. The number of hydrogen-bond acceptors (Lipinski definition) is 6. The van der Waals surface area contributed by atoms with Crippen LogP contribution in [-0.2, 0) is 9.53 Å². The van der Waals surface area contributed by atoms with Crippen molar-refractivity contribution in [1.82, 2.24) is 15.1 Å². The predicted molar refractivity (Wildman–Crippen MR) is 102 cm³/mol. The Kier molecular flexibility index (Phi) is 6.97. The Bertz CT molecular complexity index is 622. The van der Waals surface area contributed by atoms with Gasteiger partial charge < -0.3 is 15.0 Å². The molecule has 8 heteroatoms. The maximum Gasteiger partial charge on any atom is 0.410 e. The number of rotatable bonds is 5. The fraction of sp³-hybridized carbons (Fsp3) is 0.778. The van der Waals surface area contributed by atoms with E-state index in [2.05, 4.69) is 29.4 Å². The lowest BCUT2D eigenvalue weighted by atomic mass is 9.97. The van der Waals surface area contributed by atoms with Crippen molar-refractivity contribution in [1.29, 1.82) is 0 Å². The standard InChI is InChI=1S/C18H30N4O3S/c1-6-12(7-2)15-20-21-16(26-15)19-14(23)13-9-8-10-22(11-13)17(24)25-18(3,4)5/h12-13H,6-11H2,1-5H3,(H,19,21,23). The quantitative estimate of drug-likeness (QED) is 0.831. The first-order valence-corrected chi connectivity index (χ1v) is 10.2. The maximum atomic E-state index is 12.6. The van der Waals surface area contributed by atoms with Crippen molar-refractivity contribution in [3.05, 3.63) is 5.01 Å². The third-order valence-electron chi connectivity index (χ3n) is 4.45. The van der Waals surface area contributed by atoms with E-state index in [4.69, 9.17) is 4.74 Å². The van der Waals surface area contributed by atoms with Crippen LogP contribution in [0.4, 0.5) is 9.93 Å². The van der Waals surface area contributed by atoms with E-state index in [0.29, 0.717) is 24.1 Å². The van der Waals surface area contributed by atoms with Crippen molar-refractivity contribution >= 4 is 28.5 Å². The number of aromatic nitrogens is 2. The number of nitrogens with zero attached hydrogens (tertiary/aromatic N) is 3. The van der Waals surface area contributed by atoms with Gasteiger partial charge in [0.2, 0.25) is 11.0 Å². The third-order valence-corrected chi connectivity index (χ3v) is 5.45. The fourth-order valence-electron chi connectivity index (χ4n) is 2.98. The smallest absolute Gasteiger partial charge is 0.410 e. The van der Waals surface area contributed by atoms with E-state index in [1.807, 2.05) is 20.8 Å². The summed E-state index contributed by atoms with van der Waals surface area (Å²) in [7, 11) is 0. The highest BCUT2D eigenvalue weighted by Crippen LogP contribution is 2.29. The van der Waals surface area contributed by atoms with E-state index >= 15 is 0 Å². The zero-order valence-electron chi connectivity index (χ0n) is 16.4. The molecule has 0 spiro atoms. The lowest BCUT2D eigenvalue weighted by Gasteiger charge is -2.33. The Morgan fingerprint density at radius 2 is 2.00 bits per heavy atom. The van der Waals surface area contributed by atoms with Crippen molar-refractivity contribution in [2.24, 2.45) is 5.92 Å². The Hall–Kier alpha value is -1.70. The third kappa shape index (κ3) is 5.65. The van der Waals surface area contributed by atoms with Crippen molar-refractivity contribution in [3.63, 3.8) is 0 Å². The molecule has 0 saturated carbocycles. The zero-order chi connectivity index (χ0) is 19.3. The minimum atomic E-state index is -0.537. The van der Waals surface area contributed by atoms with Gasteiger partial charge in [0.05, 0.1) is 5.92 Å². The van der Waals surface area contributed by atoms with Gasteiger partial charge in [-0.15, -0.1) is 10.2 Å². The first-order valence-electron chi connectivity index (χ1n) is 9.35. The van der Waals surface area contributed by atoms with Gasteiger partial charge in [0.25, 0.3) is 0 Å². The van der Waals surface area contributed by atoms with Crippen LogP contribution in [0.25, 0.3) is 0 Å². The summed E-state index contributed by atoms with van der Waals surface area (Å²) in [5.41, 5.74) is -0.537. The molecular formula is C18H30N4O3S. The van der Waals surface area contributed by atoms with Crippen LogP contribution < -0.4 is 5.32 Å². The molecule has 1 aromatic rings. The summed E-state index contributed by atoms with van der Waals surface area (Å²) in [4.78, 5) is 26.4. The average molecular weight is 383 g/mol. The number of likely N-dealkylation sites (tertiary alicyclic amines) is 1. The molecule has 1 fully saturated rings. The van der Waals surface area contributed by atoms with Gasteiger partial charge in [0.15, 0.2) is 0 Å². The second kappa shape index (κ2) is 8.79. The van der Waals surface area contributed by atoms with E-state index in [1.54, 1.807) is 4.90 Å². The average Bonchev–Trinajstić information content (AvgIpc) is 3.03. The van der Waals surface area contributed by atoms with Gasteiger partial charge in [-0.05, 0) is 46.5 Å². The molecule has 26 heavy (non-hydrogen) atoms. The SMILES string of the molecule is CCC(CC)c1nnc(NC(=O)C2CCCN(C(=O)OC(C)(C)C)C2)s1. The molecule has 0 aliphatic carbocycles. The van der Waals surface area contributed by atoms with Crippen molar-refractivity contribution < 1.29 is 14.3 Å². The first kappa shape index (κ1) is 20.6. The van der Waals surface area contributed by atoms with E-state index in [-0.39, 0.29) is 17.9 Å². The van der Waals surface area contributed by atoms with Gasteiger partial charge in [-0.25, -0.2) is 4.79 Å². The zero-order valence-corrected chi connectivity index (χ0v) is 17.2. The van der Waals surface area contributed by atoms with Gasteiger partial charge in [0, 0.05) is 19.0 Å². The van der Waals surface area contributed by atoms with Crippen LogP contribution in [0.1, 0.15) is 71.2 Å². The Morgan fingerprint density at radius 1 is 1.31 bits per heavy atom. The summed E-state index contributed by atoms with van der Waals surface area (Å²) in [5.74, 6) is 0.0257. The Morgan fingerprint density at radius 3 is 2.62 bits per heavy atom. The van der Waals surface area contributed by atoms with Crippen LogP contribution in [0.2, 0.25) is 0 Å². The molecule has 1 aliphatic heterocycles. The molecule has 1 unspecified atom stereocenters. The van der Waals surface area contributed by atoms with Crippen LogP contribution in [0.5, 0.6) is 0 Å². The molecule has 0 radical (unpaired) electrons. The topological polar surface area (TPSA) is 84.4 Å². The molecule has 0 bridgehead atoms. The molecule has 1 aliphatic rings. The van der Waals surface area contributed by atoms with Crippen LogP contribution >= 0.6 is 11.3 Å². The molecule has 1 atom stereocenters. The number of hydrogen-bond donors (Lipinski definition) is 1. The monoisotopic (exact) mass is 382 g/mol. The van der Waals surface area contributed by atoms with Crippen molar-refractivity contribution in [3.8, 4) is 0 Å². The molecule has 2 rings (SSSR count). The van der Waals surface area contributed by atoms with Crippen molar-refractivity contribution in [2.75, 3.05) is 18.4 Å². The highest BCUT2D eigenvalue weighted by molar-refractivity contribution is 7.15. The summed E-state index contributed by atoms with van der Waals surface area (Å²) >= 11 is 1.44. The second-order valence-electron chi connectivity index (χ2n) is 7.71. The van der Waals surface area contributed by atoms with Crippen LogP contribution in [-0.4, -0.2) is 45.8 Å². The van der Waals surface area contributed by atoms with E-state index in [9.17, 15) is 9.59 Å². The minimum Gasteiger partial charge on any atom is -0.444 e. The maximum absolute atomic E-state index is 12.6. The van der Waals surface area contributed by atoms with Crippen molar-refractivity contribution in [2.45, 2.75) is 71.8 Å². The van der Waals surface area contributed by atoms with Gasteiger partial charge in [0.1, 0.15) is 10.6 Å². The number of nitrogens with one attached hydrogen (secondary N) is 1. The van der Waals surface area contributed by atoms with E-state index in [0.717, 1.165) is 30.7 Å². The summed E-state index contributed by atoms with van der Waals surface area (Å²) in [6.45, 7) is 10.8. The molecule has 1 saturated heterocycles. The highest BCUT2D eigenvalue weighted by Gasteiger charge is 2.31. The number of amides is 2. The lowest BCUT2D eigenvalue weighted by molar-refractivity contribution is -0.121.